The lowest BCUT2D eigenvalue weighted by atomic mass is 10.2. The maximum atomic E-state index is 12.2. The van der Waals surface area contributed by atoms with Crippen molar-refractivity contribution >= 4 is 29.0 Å². The van der Waals surface area contributed by atoms with Crippen LogP contribution in [0.15, 0.2) is 12.3 Å². The lowest BCUT2D eigenvalue weighted by molar-refractivity contribution is -0.124. The zero-order chi connectivity index (χ0) is 14.5. The van der Waals surface area contributed by atoms with E-state index in [0.717, 1.165) is 6.42 Å². The molecular formula is C13H19ClN4O2. The number of anilines is 2. The Kier molecular flexibility index (Phi) is 5.03. The maximum absolute atomic E-state index is 12.2. The first-order valence-corrected chi connectivity index (χ1v) is 7.04. The Morgan fingerprint density at radius 1 is 1.70 bits per heavy atom. The molecule has 1 atom stereocenters. The molecule has 1 amide bonds. The van der Waals surface area contributed by atoms with Crippen LogP contribution >= 0.6 is 11.6 Å². The third kappa shape index (κ3) is 3.32. The number of pyridine rings is 1. The monoisotopic (exact) mass is 298 g/mol. The molecule has 7 heteroatoms. The molecule has 0 saturated carbocycles. The highest BCUT2D eigenvalue weighted by Gasteiger charge is 2.31. The summed E-state index contributed by atoms with van der Waals surface area (Å²) in [6.07, 6.45) is 2.43. The number of carbonyl (C=O) groups is 1. The summed E-state index contributed by atoms with van der Waals surface area (Å²) in [5.41, 5.74) is 6.15. The number of nitrogen functional groups attached to an aromatic ring is 1. The fraction of sp³-hybridized carbons (Fsp3) is 0.538. The third-order valence-electron chi connectivity index (χ3n) is 3.10. The van der Waals surface area contributed by atoms with Gasteiger partial charge in [0.1, 0.15) is 11.9 Å². The molecule has 1 unspecified atom stereocenters. The number of hydrogen-bond acceptors (Lipinski definition) is 5. The van der Waals surface area contributed by atoms with Crippen LogP contribution in [0.3, 0.4) is 0 Å². The van der Waals surface area contributed by atoms with E-state index in [1.165, 1.54) is 6.20 Å². The Balaban J connectivity index is 2.19. The van der Waals surface area contributed by atoms with E-state index in [1.54, 1.807) is 6.07 Å². The van der Waals surface area contributed by atoms with Crippen molar-refractivity contribution in [3.63, 3.8) is 0 Å². The molecule has 0 radical (unpaired) electrons. The topological polar surface area (TPSA) is 80.5 Å². The van der Waals surface area contributed by atoms with Crippen LogP contribution in [0.2, 0.25) is 5.02 Å². The fourth-order valence-electron chi connectivity index (χ4n) is 2.10. The van der Waals surface area contributed by atoms with Crippen LogP contribution in [0.5, 0.6) is 0 Å². The number of hydrogen-bond donors (Lipinski definition) is 2. The third-order valence-corrected chi connectivity index (χ3v) is 3.37. The van der Waals surface area contributed by atoms with Gasteiger partial charge in [0.05, 0.1) is 30.1 Å². The molecular weight excluding hydrogens is 280 g/mol. The van der Waals surface area contributed by atoms with E-state index in [9.17, 15) is 4.79 Å². The first kappa shape index (κ1) is 14.9. The molecule has 110 valence electrons. The molecule has 1 aliphatic heterocycles. The van der Waals surface area contributed by atoms with Gasteiger partial charge in [-0.25, -0.2) is 4.98 Å². The minimum absolute atomic E-state index is 0.0683. The lowest BCUT2D eigenvalue weighted by Crippen LogP contribution is -2.54. The van der Waals surface area contributed by atoms with Gasteiger partial charge in [-0.15, -0.1) is 0 Å². The number of carbonyl (C=O) groups excluding carboxylic acids is 1. The minimum atomic E-state index is -0.413. The number of amides is 1. The van der Waals surface area contributed by atoms with Gasteiger partial charge in [-0.2, -0.15) is 0 Å². The Bertz CT molecular complexity index is 483. The van der Waals surface area contributed by atoms with Crippen LogP contribution < -0.4 is 16.0 Å². The Morgan fingerprint density at radius 2 is 2.50 bits per heavy atom. The Hall–Kier alpha value is -1.53. The summed E-state index contributed by atoms with van der Waals surface area (Å²) < 4.78 is 5.40. The van der Waals surface area contributed by atoms with E-state index < -0.39 is 6.04 Å². The zero-order valence-corrected chi connectivity index (χ0v) is 12.2. The molecule has 1 aromatic heterocycles. The molecule has 0 aliphatic carbocycles. The van der Waals surface area contributed by atoms with Crippen molar-refractivity contribution in [2.45, 2.75) is 19.4 Å². The largest absolute Gasteiger partial charge is 0.397 e. The molecule has 3 N–H and O–H groups in total. The van der Waals surface area contributed by atoms with Crippen LogP contribution in [0.1, 0.15) is 13.3 Å². The smallest absolute Gasteiger partial charge is 0.245 e. The fourth-order valence-corrected chi connectivity index (χ4v) is 2.38. The highest BCUT2D eigenvalue weighted by atomic mass is 35.5. The molecule has 1 aliphatic rings. The quantitative estimate of drug-likeness (QED) is 0.868. The van der Waals surface area contributed by atoms with Crippen LogP contribution in [0.4, 0.5) is 11.5 Å². The standard InChI is InChI=1S/C13H19ClN4O2/c1-2-3-16-13(19)11-8-20-5-4-18(11)12-10(14)6-9(15)7-17-12/h6-7,11H,2-5,8,15H2,1H3,(H,16,19). The zero-order valence-electron chi connectivity index (χ0n) is 11.4. The van der Waals surface area contributed by atoms with Crippen molar-refractivity contribution in [2.75, 3.05) is 36.9 Å². The number of morpholine rings is 1. The van der Waals surface area contributed by atoms with Crippen molar-refractivity contribution in [3.8, 4) is 0 Å². The molecule has 0 spiro atoms. The first-order chi connectivity index (χ1) is 9.63. The van der Waals surface area contributed by atoms with Crippen molar-refractivity contribution in [1.29, 1.82) is 0 Å². The summed E-state index contributed by atoms with van der Waals surface area (Å²) in [6.45, 7) is 4.10. The Morgan fingerprint density at radius 3 is 3.20 bits per heavy atom. The van der Waals surface area contributed by atoms with Crippen molar-refractivity contribution in [2.24, 2.45) is 0 Å². The Labute approximate surface area is 123 Å². The van der Waals surface area contributed by atoms with Gasteiger partial charge in [-0.1, -0.05) is 18.5 Å². The van der Waals surface area contributed by atoms with E-state index in [4.69, 9.17) is 22.1 Å². The van der Waals surface area contributed by atoms with Crippen LogP contribution in [0.25, 0.3) is 0 Å². The number of rotatable bonds is 4. The van der Waals surface area contributed by atoms with Gasteiger partial charge >= 0.3 is 0 Å². The molecule has 1 saturated heterocycles. The van der Waals surface area contributed by atoms with Gasteiger partial charge in [0.25, 0.3) is 0 Å². The predicted molar refractivity (Wildman–Crippen MR) is 78.9 cm³/mol. The highest BCUT2D eigenvalue weighted by Crippen LogP contribution is 2.27. The molecule has 2 heterocycles. The van der Waals surface area contributed by atoms with Crippen molar-refractivity contribution in [3.05, 3.63) is 17.3 Å². The normalized spacial score (nSPS) is 18.9. The average molecular weight is 299 g/mol. The van der Waals surface area contributed by atoms with E-state index in [1.807, 2.05) is 11.8 Å². The molecule has 0 aromatic carbocycles. The van der Waals surface area contributed by atoms with Crippen molar-refractivity contribution < 1.29 is 9.53 Å². The molecule has 2 rings (SSSR count). The number of nitrogens with one attached hydrogen (secondary N) is 1. The summed E-state index contributed by atoms with van der Waals surface area (Å²) in [6, 6.07) is 1.23. The van der Waals surface area contributed by atoms with Crippen LogP contribution in [-0.4, -0.2) is 43.2 Å². The van der Waals surface area contributed by atoms with Crippen molar-refractivity contribution in [1.82, 2.24) is 10.3 Å². The highest BCUT2D eigenvalue weighted by molar-refractivity contribution is 6.33. The van der Waals surface area contributed by atoms with Gasteiger partial charge in [-0.05, 0) is 12.5 Å². The second-order valence-corrected chi connectivity index (χ2v) is 5.06. The van der Waals surface area contributed by atoms with E-state index in [0.29, 0.717) is 42.8 Å². The number of ether oxygens (including phenoxy) is 1. The van der Waals surface area contributed by atoms with Crippen LogP contribution in [-0.2, 0) is 9.53 Å². The lowest BCUT2D eigenvalue weighted by Gasteiger charge is -2.35. The summed E-state index contributed by atoms with van der Waals surface area (Å²) in [5.74, 6) is 0.502. The molecule has 1 aromatic rings. The van der Waals surface area contributed by atoms with Gasteiger partial charge < -0.3 is 20.7 Å². The number of halogens is 1. The number of nitrogens with zero attached hydrogens (tertiary/aromatic N) is 2. The van der Waals surface area contributed by atoms with E-state index in [-0.39, 0.29) is 5.91 Å². The minimum Gasteiger partial charge on any atom is -0.397 e. The second-order valence-electron chi connectivity index (χ2n) is 4.65. The first-order valence-electron chi connectivity index (χ1n) is 6.66. The van der Waals surface area contributed by atoms with Gasteiger partial charge in [-0.3, -0.25) is 4.79 Å². The van der Waals surface area contributed by atoms with Gasteiger partial charge in [0, 0.05) is 13.1 Å². The van der Waals surface area contributed by atoms with Gasteiger partial charge in [0.2, 0.25) is 5.91 Å². The second kappa shape index (κ2) is 6.76. The molecule has 20 heavy (non-hydrogen) atoms. The summed E-state index contributed by atoms with van der Waals surface area (Å²) in [7, 11) is 0. The molecule has 0 bridgehead atoms. The van der Waals surface area contributed by atoms with Crippen LogP contribution in [0, 0.1) is 0 Å². The molecule has 1 fully saturated rings. The summed E-state index contributed by atoms with van der Waals surface area (Å²) in [5, 5.41) is 3.32. The number of aromatic nitrogens is 1. The van der Waals surface area contributed by atoms with Gasteiger partial charge in [0.15, 0.2) is 0 Å². The van der Waals surface area contributed by atoms with E-state index >= 15 is 0 Å². The SMILES string of the molecule is CCCNC(=O)C1COCCN1c1ncc(N)cc1Cl. The predicted octanol–water partition coefficient (Wildman–Crippen LogP) is 1.05. The maximum Gasteiger partial charge on any atom is 0.245 e. The van der Waals surface area contributed by atoms with E-state index in [2.05, 4.69) is 10.3 Å². The summed E-state index contributed by atoms with van der Waals surface area (Å²) >= 11 is 6.18. The molecule has 6 nitrogen and oxygen atoms in total. The average Bonchev–Trinajstić information content (AvgIpc) is 2.45. The summed E-state index contributed by atoms with van der Waals surface area (Å²) in [4.78, 5) is 18.3. The number of nitrogens with two attached hydrogens (primary N) is 1.